The molecule has 0 bridgehead atoms. The third kappa shape index (κ3) is 3.70. The summed E-state index contributed by atoms with van der Waals surface area (Å²) in [6.45, 7) is 4.41. The van der Waals surface area contributed by atoms with Crippen molar-refractivity contribution in [1.82, 2.24) is 4.98 Å². The van der Waals surface area contributed by atoms with Crippen molar-refractivity contribution in [2.75, 3.05) is 0 Å². The van der Waals surface area contributed by atoms with Crippen LogP contribution in [0.1, 0.15) is 42.0 Å². The van der Waals surface area contributed by atoms with E-state index in [0.29, 0.717) is 0 Å². The van der Waals surface area contributed by atoms with Crippen molar-refractivity contribution in [3.05, 3.63) is 44.3 Å². The fourth-order valence-corrected chi connectivity index (χ4v) is 4.91. The number of hydrogen-bond donors (Lipinski definition) is 1. The number of nitrogens with zero attached hydrogens (tertiary/aromatic N) is 1. The molecule has 1 N–H and O–H groups in total. The van der Waals surface area contributed by atoms with Crippen LogP contribution >= 0.6 is 39.0 Å². The fourth-order valence-electron chi connectivity index (χ4n) is 2.68. The van der Waals surface area contributed by atoms with Gasteiger partial charge in [0.25, 0.3) is 0 Å². The summed E-state index contributed by atoms with van der Waals surface area (Å²) in [4.78, 5) is 7.08. The topological polar surface area (TPSA) is 33.1 Å². The van der Waals surface area contributed by atoms with Gasteiger partial charge in [0, 0.05) is 9.37 Å². The fraction of sp³-hybridized carbons (Fsp3) is 0.438. The number of benzene rings is 1. The molecule has 0 saturated carbocycles. The molecule has 1 aliphatic carbocycles. The molecule has 1 aromatic carbocycles. The maximum Gasteiger partial charge on any atom is 0.103 e. The molecule has 0 amide bonds. The van der Waals surface area contributed by atoms with Crippen LogP contribution in [0.4, 0.5) is 0 Å². The quantitative estimate of drug-likeness (QED) is 0.738. The monoisotopic (exact) mass is 383 g/mol. The molecule has 0 radical (unpaired) electrons. The van der Waals surface area contributed by atoms with Gasteiger partial charge in [0.1, 0.15) is 5.01 Å². The number of aromatic nitrogens is 1. The van der Waals surface area contributed by atoms with Gasteiger partial charge in [-0.3, -0.25) is 0 Å². The largest absolute Gasteiger partial charge is 0.387 e. The average Bonchev–Trinajstić information content (AvgIpc) is 2.80. The lowest BCUT2D eigenvalue weighted by molar-refractivity contribution is 0.102. The van der Waals surface area contributed by atoms with Crippen LogP contribution in [0.2, 0.25) is 0 Å². The second-order valence-corrected chi connectivity index (χ2v) is 9.30. The summed E-state index contributed by atoms with van der Waals surface area (Å²) in [6.07, 6.45) is 1.47. The summed E-state index contributed by atoms with van der Waals surface area (Å²) >= 11 is 6.92. The third-order valence-electron chi connectivity index (χ3n) is 3.64. The molecule has 1 heterocycles. The van der Waals surface area contributed by atoms with E-state index < -0.39 is 0 Å². The number of fused-ring (bicyclic) bond motifs is 1. The van der Waals surface area contributed by atoms with E-state index in [9.17, 15) is 5.11 Å². The molecule has 1 unspecified atom stereocenters. The normalized spacial score (nSPS) is 20.3. The van der Waals surface area contributed by atoms with Gasteiger partial charge in [0.15, 0.2) is 0 Å². The summed E-state index contributed by atoms with van der Waals surface area (Å²) in [5.74, 6) is 0.868. The molecule has 0 fully saturated rings. The predicted octanol–water partition coefficient (Wildman–Crippen LogP) is 5.20. The predicted molar refractivity (Wildman–Crippen MR) is 92.9 cm³/mol. The molecule has 2 nitrogen and oxygen atoms in total. The first-order valence-corrected chi connectivity index (χ1v) is 9.57. The number of aliphatic hydroxyl groups excluding tert-OH is 1. The van der Waals surface area contributed by atoms with Crippen LogP contribution in [0.15, 0.2) is 33.6 Å². The van der Waals surface area contributed by atoms with Gasteiger partial charge in [-0.25, -0.2) is 4.98 Å². The van der Waals surface area contributed by atoms with E-state index >= 15 is 0 Å². The highest BCUT2D eigenvalue weighted by Gasteiger charge is 2.33. The van der Waals surface area contributed by atoms with Crippen molar-refractivity contribution in [1.29, 1.82) is 0 Å². The van der Waals surface area contributed by atoms with Crippen LogP contribution in [0.5, 0.6) is 0 Å². The zero-order valence-corrected chi connectivity index (χ0v) is 15.3. The molecule has 0 aliphatic heterocycles. The Labute approximate surface area is 142 Å². The third-order valence-corrected chi connectivity index (χ3v) is 6.58. The van der Waals surface area contributed by atoms with Crippen molar-refractivity contribution in [3.63, 3.8) is 0 Å². The molecule has 1 aromatic heterocycles. The minimum atomic E-state index is -0.340. The van der Waals surface area contributed by atoms with Gasteiger partial charge in [-0.05, 0) is 42.5 Å². The van der Waals surface area contributed by atoms with Gasteiger partial charge < -0.3 is 5.11 Å². The van der Waals surface area contributed by atoms with E-state index in [1.54, 1.807) is 23.1 Å². The number of hydrogen-bond acceptors (Lipinski definition) is 4. The summed E-state index contributed by atoms with van der Waals surface area (Å²) < 4.78 is 1.10. The lowest BCUT2D eigenvalue weighted by Gasteiger charge is -2.31. The second-order valence-electron chi connectivity index (χ2n) is 6.22. The second kappa shape index (κ2) is 6.03. The number of rotatable bonds is 3. The molecular formula is C16H18BrNOS2. The first-order chi connectivity index (χ1) is 9.93. The Bertz CT molecular complexity index is 636. The number of thiazole rings is 1. The van der Waals surface area contributed by atoms with Crippen LogP contribution in [-0.4, -0.2) is 10.1 Å². The Morgan fingerprint density at radius 1 is 1.38 bits per heavy atom. The molecule has 0 saturated heterocycles. The SMILES string of the molecule is CC1(C)Cc2nc(CSc3ccc(Br)cc3)sc2C(O)C1. The lowest BCUT2D eigenvalue weighted by atomic mass is 9.77. The summed E-state index contributed by atoms with van der Waals surface area (Å²) in [5.41, 5.74) is 1.26. The van der Waals surface area contributed by atoms with E-state index in [0.717, 1.165) is 38.6 Å². The molecular weight excluding hydrogens is 366 g/mol. The molecule has 0 spiro atoms. The zero-order valence-electron chi connectivity index (χ0n) is 12.1. The summed E-state index contributed by atoms with van der Waals surface area (Å²) in [7, 11) is 0. The van der Waals surface area contributed by atoms with Crippen LogP contribution in [0, 0.1) is 5.41 Å². The van der Waals surface area contributed by atoms with E-state index in [1.807, 2.05) is 0 Å². The molecule has 3 rings (SSSR count). The molecule has 2 aromatic rings. The lowest BCUT2D eigenvalue weighted by Crippen LogP contribution is -2.24. The van der Waals surface area contributed by atoms with Crippen molar-refractivity contribution < 1.29 is 5.11 Å². The van der Waals surface area contributed by atoms with Gasteiger partial charge in [0.05, 0.1) is 22.4 Å². The Morgan fingerprint density at radius 3 is 2.81 bits per heavy atom. The number of aliphatic hydroxyl groups is 1. The molecule has 21 heavy (non-hydrogen) atoms. The van der Waals surface area contributed by atoms with Gasteiger partial charge in [-0.1, -0.05) is 29.8 Å². The standard InChI is InChI=1S/C16H18BrNOS2/c1-16(2)7-12-15(13(19)8-16)21-14(18-12)9-20-11-5-3-10(17)4-6-11/h3-6,13,19H,7-9H2,1-2H3. The van der Waals surface area contributed by atoms with Crippen molar-refractivity contribution in [3.8, 4) is 0 Å². The van der Waals surface area contributed by atoms with E-state index in [4.69, 9.17) is 4.98 Å². The van der Waals surface area contributed by atoms with Crippen LogP contribution in [0.3, 0.4) is 0 Å². The smallest absolute Gasteiger partial charge is 0.103 e. The Morgan fingerprint density at radius 2 is 2.10 bits per heavy atom. The maximum atomic E-state index is 10.3. The minimum Gasteiger partial charge on any atom is -0.387 e. The van der Waals surface area contributed by atoms with Gasteiger partial charge >= 0.3 is 0 Å². The van der Waals surface area contributed by atoms with Crippen molar-refractivity contribution in [2.24, 2.45) is 5.41 Å². The highest BCUT2D eigenvalue weighted by atomic mass is 79.9. The summed E-state index contributed by atoms with van der Waals surface area (Å²) in [5, 5.41) is 11.4. The molecule has 1 atom stereocenters. The number of thioether (sulfide) groups is 1. The highest BCUT2D eigenvalue weighted by molar-refractivity contribution is 9.10. The van der Waals surface area contributed by atoms with E-state index in [2.05, 4.69) is 54.0 Å². The minimum absolute atomic E-state index is 0.149. The van der Waals surface area contributed by atoms with Crippen LogP contribution in [0.25, 0.3) is 0 Å². The van der Waals surface area contributed by atoms with Gasteiger partial charge in [0.2, 0.25) is 0 Å². The Balaban J connectivity index is 1.72. The highest BCUT2D eigenvalue weighted by Crippen LogP contribution is 2.43. The van der Waals surface area contributed by atoms with Gasteiger partial charge in [-0.2, -0.15) is 0 Å². The van der Waals surface area contributed by atoms with E-state index in [-0.39, 0.29) is 11.5 Å². The first kappa shape index (κ1) is 15.5. The Hall–Kier alpha value is -0.360. The molecule has 5 heteroatoms. The van der Waals surface area contributed by atoms with Gasteiger partial charge in [-0.15, -0.1) is 23.1 Å². The zero-order chi connectivity index (χ0) is 15.0. The maximum absolute atomic E-state index is 10.3. The first-order valence-electron chi connectivity index (χ1n) is 6.98. The molecule has 1 aliphatic rings. The van der Waals surface area contributed by atoms with Crippen LogP contribution in [-0.2, 0) is 12.2 Å². The Kier molecular flexibility index (Phi) is 4.46. The summed E-state index contributed by atoms with van der Waals surface area (Å²) in [6, 6.07) is 8.34. The number of halogens is 1. The van der Waals surface area contributed by atoms with Crippen LogP contribution < -0.4 is 0 Å². The van der Waals surface area contributed by atoms with E-state index in [1.165, 1.54) is 4.90 Å². The average molecular weight is 384 g/mol. The van der Waals surface area contributed by atoms with Crippen molar-refractivity contribution in [2.45, 2.75) is 43.4 Å². The van der Waals surface area contributed by atoms with Crippen molar-refractivity contribution >= 4 is 39.0 Å². The molecule has 112 valence electrons.